The molecule has 6 aromatic rings. The van der Waals surface area contributed by atoms with Gasteiger partial charge in [0, 0.05) is 11.1 Å². The third-order valence-electron chi connectivity index (χ3n) is 6.22. The molecule has 0 aliphatic rings. The third kappa shape index (κ3) is 4.98. The average molecular weight is 537 g/mol. The molecule has 0 radical (unpaired) electrons. The van der Waals surface area contributed by atoms with Crippen molar-refractivity contribution in [2.24, 2.45) is 0 Å². The van der Waals surface area contributed by atoms with E-state index >= 15 is 0 Å². The zero-order valence-corrected chi connectivity index (χ0v) is 21.6. The summed E-state index contributed by atoms with van der Waals surface area (Å²) in [5.41, 5.74) is 1.19. The van der Waals surface area contributed by atoms with E-state index in [-0.39, 0.29) is 11.5 Å². The first-order valence-corrected chi connectivity index (χ1v) is 12.2. The van der Waals surface area contributed by atoms with Crippen LogP contribution in [-0.4, -0.2) is 24.4 Å². The molecular weight excluding hydrogens is 512 g/mol. The molecule has 0 saturated carbocycles. The number of methoxy groups -OCH3 is 2. The van der Waals surface area contributed by atoms with Crippen molar-refractivity contribution >= 4 is 21.9 Å². The van der Waals surface area contributed by atoms with E-state index in [1.807, 2.05) is 36.4 Å². The highest BCUT2D eigenvalue weighted by atomic mass is 16.5. The van der Waals surface area contributed by atoms with Crippen LogP contribution in [0.15, 0.2) is 115 Å². The van der Waals surface area contributed by atoms with Gasteiger partial charge in [0.15, 0.2) is 11.5 Å². The zero-order chi connectivity index (χ0) is 28.2. The van der Waals surface area contributed by atoms with Crippen molar-refractivity contribution in [3.63, 3.8) is 0 Å². The Hall–Kier alpha value is -5.50. The van der Waals surface area contributed by atoms with E-state index in [1.54, 1.807) is 60.7 Å². The van der Waals surface area contributed by atoms with Crippen LogP contribution in [0, 0.1) is 0 Å². The third-order valence-corrected chi connectivity index (χ3v) is 6.22. The quantitative estimate of drug-likeness (QED) is 0.268. The van der Waals surface area contributed by atoms with Crippen molar-refractivity contribution in [3.05, 3.63) is 118 Å². The Morgan fingerprint density at radius 2 is 0.925 bits per heavy atom. The smallest absolute Gasteiger partial charge is 0.235 e. The van der Waals surface area contributed by atoms with Crippen LogP contribution in [0.25, 0.3) is 44.6 Å². The SMILES string of the molecule is COc1ccc2oc(-c3ccccc3)c(O)c(=O)c2c1.COc1ccc2oc(-c3ccccc3)c(O)c(=O)c2c1. The molecule has 40 heavy (non-hydrogen) atoms. The zero-order valence-electron chi connectivity index (χ0n) is 21.6. The molecule has 0 aliphatic heterocycles. The Morgan fingerprint density at radius 1 is 0.550 bits per heavy atom. The summed E-state index contributed by atoms with van der Waals surface area (Å²) in [5, 5.41) is 20.7. The standard InChI is InChI=1S/2C16H12O4/c2*1-19-11-7-8-13-12(9-11)14(17)15(18)16(20-13)10-5-3-2-4-6-10/h2*2-9,18H,1H3. The van der Waals surface area contributed by atoms with Gasteiger partial charge in [0.25, 0.3) is 0 Å². The fourth-order valence-electron chi connectivity index (χ4n) is 4.15. The van der Waals surface area contributed by atoms with Crippen LogP contribution < -0.4 is 20.3 Å². The second kappa shape index (κ2) is 11.1. The van der Waals surface area contributed by atoms with Crippen LogP contribution in [0.3, 0.4) is 0 Å². The molecule has 2 heterocycles. The minimum Gasteiger partial charge on any atom is -0.502 e. The molecule has 4 aromatic carbocycles. The molecule has 0 bridgehead atoms. The molecule has 200 valence electrons. The van der Waals surface area contributed by atoms with Crippen molar-refractivity contribution in [1.29, 1.82) is 0 Å². The molecule has 0 amide bonds. The molecule has 0 atom stereocenters. The van der Waals surface area contributed by atoms with Crippen LogP contribution in [0.4, 0.5) is 0 Å². The van der Waals surface area contributed by atoms with Crippen molar-refractivity contribution in [2.45, 2.75) is 0 Å². The lowest BCUT2D eigenvalue weighted by Crippen LogP contribution is -2.02. The van der Waals surface area contributed by atoms with Crippen LogP contribution in [-0.2, 0) is 0 Å². The summed E-state index contributed by atoms with van der Waals surface area (Å²) >= 11 is 0. The first-order valence-electron chi connectivity index (χ1n) is 12.2. The van der Waals surface area contributed by atoms with Crippen molar-refractivity contribution < 1.29 is 28.5 Å². The molecule has 0 saturated heterocycles. The lowest BCUT2D eigenvalue weighted by atomic mass is 10.1. The van der Waals surface area contributed by atoms with E-state index in [1.165, 1.54) is 14.2 Å². The Kier molecular flexibility index (Phi) is 7.24. The number of hydrogen-bond acceptors (Lipinski definition) is 8. The number of rotatable bonds is 4. The molecule has 8 heteroatoms. The molecule has 8 nitrogen and oxygen atoms in total. The first-order chi connectivity index (χ1) is 19.4. The van der Waals surface area contributed by atoms with Crippen molar-refractivity contribution in [3.8, 4) is 45.6 Å². The summed E-state index contributed by atoms with van der Waals surface area (Å²) in [6.07, 6.45) is 0. The van der Waals surface area contributed by atoms with Gasteiger partial charge in [-0.1, -0.05) is 60.7 Å². The highest BCUT2D eigenvalue weighted by Crippen LogP contribution is 2.32. The van der Waals surface area contributed by atoms with E-state index in [0.717, 1.165) is 0 Å². The first kappa shape index (κ1) is 26.1. The molecule has 0 unspecified atom stereocenters. The lowest BCUT2D eigenvalue weighted by molar-refractivity contribution is 0.414. The minimum atomic E-state index is -0.469. The van der Waals surface area contributed by atoms with Gasteiger partial charge in [0.2, 0.25) is 22.4 Å². The van der Waals surface area contributed by atoms with Gasteiger partial charge < -0.3 is 28.5 Å². The maximum atomic E-state index is 12.2. The number of fused-ring (bicyclic) bond motifs is 2. The monoisotopic (exact) mass is 536 g/mol. The van der Waals surface area contributed by atoms with Gasteiger partial charge >= 0.3 is 0 Å². The summed E-state index contributed by atoms with van der Waals surface area (Å²) in [6, 6.07) is 27.9. The minimum absolute atomic E-state index is 0.174. The van der Waals surface area contributed by atoms with Gasteiger partial charge in [-0.2, -0.15) is 0 Å². The molecule has 6 rings (SSSR count). The Labute approximate surface area is 227 Å². The second-order valence-electron chi connectivity index (χ2n) is 8.67. The van der Waals surface area contributed by atoms with Gasteiger partial charge in [0.05, 0.1) is 25.0 Å². The van der Waals surface area contributed by atoms with Crippen LogP contribution >= 0.6 is 0 Å². The van der Waals surface area contributed by atoms with Crippen LogP contribution in [0.5, 0.6) is 23.0 Å². The molecule has 2 aromatic heterocycles. The number of hydrogen-bond donors (Lipinski definition) is 2. The Bertz CT molecular complexity index is 1780. The summed E-state index contributed by atoms with van der Waals surface area (Å²) in [5.74, 6) is 0.642. The molecular formula is C32H24O8. The van der Waals surface area contributed by atoms with Crippen LogP contribution in [0.1, 0.15) is 0 Å². The predicted molar refractivity (Wildman–Crippen MR) is 152 cm³/mol. The lowest BCUT2D eigenvalue weighted by Gasteiger charge is -2.07. The van der Waals surface area contributed by atoms with Gasteiger partial charge in [-0.3, -0.25) is 9.59 Å². The topological polar surface area (TPSA) is 119 Å². The number of benzene rings is 4. The summed E-state index contributed by atoms with van der Waals surface area (Å²) in [4.78, 5) is 24.4. The van der Waals surface area contributed by atoms with E-state index in [2.05, 4.69) is 0 Å². The summed E-state index contributed by atoms with van der Waals surface area (Å²) in [7, 11) is 3.03. The Morgan fingerprint density at radius 3 is 1.27 bits per heavy atom. The maximum absolute atomic E-state index is 12.2. The number of aromatic hydroxyl groups is 2. The number of ether oxygens (including phenoxy) is 2. The highest BCUT2D eigenvalue weighted by Gasteiger charge is 2.16. The Balaban J connectivity index is 0.000000161. The van der Waals surface area contributed by atoms with E-state index in [9.17, 15) is 19.8 Å². The molecule has 0 spiro atoms. The largest absolute Gasteiger partial charge is 0.502 e. The average Bonchev–Trinajstić information content (AvgIpc) is 3.01. The second-order valence-corrected chi connectivity index (χ2v) is 8.67. The van der Waals surface area contributed by atoms with Crippen molar-refractivity contribution in [2.75, 3.05) is 14.2 Å². The van der Waals surface area contributed by atoms with Crippen LogP contribution in [0.2, 0.25) is 0 Å². The normalized spacial score (nSPS) is 10.7. The predicted octanol–water partition coefficient (Wildman–Crippen LogP) is 6.35. The fraction of sp³-hybridized carbons (Fsp3) is 0.0625. The molecule has 0 fully saturated rings. The molecule has 2 N–H and O–H groups in total. The highest BCUT2D eigenvalue weighted by molar-refractivity contribution is 5.84. The summed E-state index contributed by atoms with van der Waals surface area (Å²) < 4.78 is 21.4. The maximum Gasteiger partial charge on any atom is 0.235 e. The van der Waals surface area contributed by atoms with Crippen molar-refractivity contribution in [1.82, 2.24) is 0 Å². The molecule has 0 aliphatic carbocycles. The fourth-order valence-corrected chi connectivity index (χ4v) is 4.15. The van der Waals surface area contributed by atoms with Gasteiger partial charge in [-0.05, 0) is 36.4 Å². The van der Waals surface area contributed by atoms with Gasteiger partial charge in [0.1, 0.15) is 22.7 Å². The van der Waals surface area contributed by atoms with Gasteiger partial charge in [-0.25, -0.2) is 0 Å². The van der Waals surface area contributed by atoms with E-state index < -0.39 is 22.4 Å². The summed E-state index contributed by atoms with van der Waals surface area (Å²) in [6.45, 7) is 0. The van der Waals surface area contributed by atoms with E-state index in [4.69, 9.17) is 18.3 Å². The van der Waals surface area contributed by atoms with Gasteiger partial charge in [-0.15, -0.1) is 0 Å². The van der Waals surface area contributed by atoms with E-state index in [0.29, 0.717) is 44.6 Å².